The van der Waals surface area contributed by atoms with E-state index in [2.05, 4.69) is 23.4 Å². The zero-order valence-electron chi connectivity index (χ0n) is 16.1. The summed E-state index contributed by atoms with van der Waals surface area (Å²) in [7, 11) is 0. The van der Waals surface area contributed by atoms with Crippen molar-refractivity contribution < 1.29 is 14.3 Å². The molecule has 2 amide bonds. The Morgan fingerprint density at radius 3 is 2.72 bits per heavy atom. The van der Waals surface area contributed by atoms with Crippen molar-refractivity contribution in [1.82, 2.24) is 9.78 Å². The van der Waals surface area contributed by atoms with E-state index in [9.17, 15) is 9.59 Å². The molecule has 4 rings (SSSR count). The number of nitrogens with two attached hydrogens (primary N) is 1. The Kier molecular flexibility index (Phi) is 5.03. The van der Waals surface area contributed by atoms with Crippen LogP contribution < -0.4 is 15.8 Å². The molecule has 29 heavy (non-hydrogen) atoms. The Morgan fingerprint density at radius 2 is 2.00 bits per heavy atom. The number of aromatic nitrogens is 2. The number of rotatable bonds is 6. The molecular weight excluding hydrogens is 368 g/mol. The third kappa shape index (κ3) is 3.71. The molecule has 3 N–H and O–H groups in total. The highest BCUT2D eigenvalue weighted by Crippen LogP contribution is 2.38. The predicted octanol–water partition coefficient (Wildman–Crippen LogP) is 2.77. The number of fused-ring (bicyclic) bond motifs is 1. The molecule has 7 heteroatoms. The number of carbonyl (C=O) groups is 2. The number of aryl methyl sites for hydroxylation is 1. The van der Waals surface area contributed by atoms with Crippen LogP contribution in [-0.2, 0) is 16.0 Å². The van der Waals surface area contributed by atoms with Crippen LogP contribution in [-0.4, -0.2) is 28.2 Å². The van der Waals surface area contributed by atoms with Crippen LogP contribution >= 0.6 is 0 Å². The number of anilines is 1. The third-order valence-electron chi connectivity index (χ3n) is 5.08. The molecule has 148 valence electrons. The van der Waals surface area contributed by atoms with Crippen molar-refractivity contribution in [2.75, 3.05) is 11.9 Å². The monoisotopic (exact) mass is 390 g/mol. The van der Waals surface area contributed by atoms with Gasteiger partial charge in [0.25, 0.3) is 5.91 Å². The Hall–Kier alpha value is -3.61. The van der Waals surface area contributed by atoms with Crippen molar-refractivity contribution in [2.24, 2.45) is 5.73 Å². The summed E-state index contributed by atoms with van der Waals surface area (Å²) in [4.78, 5) is 23.3. The first-order chi connectivity index (χ1) is 14.1. The molecule has 1 aromatic heterocycles. The molecule has 2 heterocycles. The molecule has 1 aliphatic rings. The average molecular weight is 390 g/mol. The van der Waals surface area contributed by atoms with E-state index >= 15 is 0 Å². The number of nitrogens with zero attached hydrogens (tertiary/aromatic N) is 2. The van der Waals surface area contributed by atoms with Gasteiger partial charge in [-0.3, -0.25) is 9.59 Å². The van der Waals surface area contributed by atoms with Gasteiger partial charge in [-0.05, 0) is 35.7 Å². The van der Waals surface area contributed by atoms with E-state index in [1.165, 1.54) is 0 Å². The maximum Gasteiger partial charge on any atom is 0.255 e. The molecule has 0 saturated carbocycles. The van der Waals surface area contributed by atoms with Crippen molar-refractivity contribution in [2.45, 2.75) is 25.7 Å². The van der Waals surface area contributed by atoms with Crippen molar-refractivity contribution in [3.63, 3.8) is 0 Å². The van der Waals surface area contributed by atoms with Gasteiger partial charge in [-0.15, -0.1) is 0 Å². The molecule has 0 radical (unpaired) electrons. The number of ether oxygens (including phenoxy) is 1. The second-order valence-electron chi connectivity index (χ2n) is 6.97. The number of nitrogens with one attached hydrogen (secondary N) is 1. The fourth-order valence-electron chi connectivity index (χ4n) is 3.67. The number of amides is 2. The summed E-state index contributed by atoms with van der Waals surface area (Å²) in [5.41, 5.74) is 9.19. The quantitative estimate of drug-likeness (QED) is 0.676. The van der Waals surface area contributed by atoms with Crippen molar-refractivity contribution in [1.29, 1.82) is 0 Å². The Morgan fingerprint density at radius 1 is 1.24 bits per heavy atom. The summed E-state index contributed by atoms with van der Waals surface area (Å²) >= 11 is 0. The molecule has 1 unspecified atom stereocenters. The summed E-state index contributed by atoms with van der Waals surface area (Å²) in [5, 5.41) is 7.57. The molecule has 3 aromatic rings. The highest BCUT2D eigenvalue weighted by Gasteiger charge is 2.30. The van der Waals surface area contributed by atoms with E-state index in [0.29, 0.717) is 18.0 Å². The fraction of sp³-hybridized carbons (Fsp3) is 0.227. The van der Waals surface area contributed by atoms with E-state index in [1.54, 1.807) is 12.1 Å². The van der Waals surface area contributed by atoms with Crippen LogP contribution in [0.15, 0.2) is 54.7 Å². The second-order valence-corrected chi connectivity index (χ2v) is 6.97. The van der Waals surface area contributed by atoms with Crippen molar-refractivity contribution in [3.05, 3.63) is 71.4 Å². The first kappa shape index (κ1) is 18.7. The highest BCUT2D eigenvalue weighted by atomic mass is 16.5. The number of primary amides is 1. The summed E-state index contributed by atoms with van der Waals surface area (Å²) in [6.07, 6.45) is 3.04. The van der Waals surface area contributed by atoms with Gasteiger partial charge in [-0.2, -0.15) is 5.10 Å². The molecule has 1 aliphatic heterocycles. The molecule has 0 saturated heterocycles. The summed E-state index contributed by atoms with van der Waals surface area (Å²) in [6, 6.07) is 15.4. The maximum atomic E-state index is 12.5. The molecule has 1 atom stereocenters. The molecule has 0 fully saturated rings. The van der Waals surface area contributed by atoms with E-state index < -0.39 is 5.91 Å². The first-order valence-electron chi connectivity index (χ1n) is 9.54. The molecule has 0 aliphatic carbocycles. The largest absolute Gasteiger partial charge is 0.484 e. The minimum absolute atomic E-state index is 0.0488. The standard InChI is InChI=1S/C22H22N4O3/c1-2-14-5-3-4-6-19(14)26-22-18(12-24-26)17(11-21(28)25-22)15-7-9-16(10-8-15)29-13-20(23)27/h3-10,12,17H,2,11,13H2,1H3,(H2,23,27)(H,25,28). The second kappa shape index (κ2) is 7.79. The summed E-state index contributed by atoms with van der Waals surface area (Å²) in [5.74, 6) is 0.586. The molecule has 7 nitrogen and oxygen atoms in total. The SMILES string of the molecule is CCc1ccccc1-n1ncc2c1NC(=O)CC2c1ccc(OCC(N)=O)cc1. The van der Waals surface area contributed by atoms with Crippen molar-refractivity contribution >= 4 is 17.6 Å². The van der Waals surface area contributed by atoms with Gasteiger partial charge in [0.2, 0.25) is 5.91 Å². The molecular formula is C22H22N4O3. The van der Waals surface area contributed by atoms with Gasteiger partial charge in [-0.1, -0.05) is 37.3 Å². The topological polar surface area (TPSA) is 99.2 Å². The number of carbonyl (C=O) groups excluding carboxylic acids is 2. The van der Waals surface area contributed by atoms with E-state index in [4.69, 9.17) is 10.5 Å². The van der Waals surface area contributed by atoms with Gasteiger partial charge in [-0.25, -0.2) is 4.68 Å². The van der Waals surface area contributed by atoms with Gasteiger partial charge in [0.1, 0.15) is 11.6 Å². The number of hydrogen-bond acceptors (Lipinski definition) is 4. The normalized spacial score (nSPS) is 15.5. The number of para-hydroxylation sites is 1. The van der Waals surface area contributed by atoms with Crippen LogP contribution in [0.4, 0.5) is 5.82 Å². The lowest BCUT2D eigenvalue weighted by atomic mass is 9.87. The number of hydrogen-bond donors (Lipinski definition) is 2. The van der Waals surface area contributed by atoms with Gasteiger partial charge in [0.05, 0.1) is 11.9 Å². The Labute approximate surface area is 168 Å². The van der Waals surface area contributed by atoms with Crippen LogP contribution in [0, 0.1) is 0 Å². The van der Waals surface area contributed by atoms with E-state index in [0.717, 1.165) is 28.8 Å². The minimum Gasteiger partial charge on any atom is -0.484 e. The molecule has 2 aromatic carbocycles. The van der Waals surface area contributed by atoms with E-state index in [-0.39, 0.29) is 18.4 Å². The number of benzene rings is 2. The highest BCUT2D eigenvalue weighted by molar-refractivity contribution is 5.94. The average Bonchev–Trinajstić information content (AvgIpc) is 3.15. The smallest absolute Gasteiger partial charge is 0.255 e. The van der Waals surface area contributed by atoms with Gasteiger partial charge in [0, 0.05) is 17.9 Å². The summed E-state index contributed by atoms with van der Waals surface area (Å²) in [6.45, 7) is 1.93. The van der Waals surface area contributed by atoms with Crippen LogP contribution in [0.25, 0.3) is 5.69 Å². The zero-order valence-corrected chi connectivity index (χ0v) is 16.1. The molecule has 0 spiro atoms. The minimum atomic E-state index is -0.526. The zero-order chi connectivity index (χ0) is 20.4. The van der Waals surface area contributed by atoms with Gasteiger partial charge >= 0.3 is 0 Å². The van der Waals surface area contributed by atoms with Crippen molar-refractivity contribution in [3.8, 4) is 11.4 Å². The van der Waals surface area contributed by atoms with Crippen LogP contribution in [0.3, 0.4) is 0 Å². The fourth-order valence-corrected chi connectivity index (χ4v) is 3.67. The van der Waals surface area contributed by atoms with Crippen LogP contribution in [0.5, 0.6) is 5.75 Å². The van der Waals surface area contributed by atoms with Crippen LogP contribution in [0.2, 0.25) is 0 Å². The lowest BCUT2D eigenvalue weighted by Gasteiger charge is -2.24. The Bertz CT molecular complexity index is 1060. The Balaban J connectivity index is 1.68. The van der Waals surface area contributed by atoms with Gasteiger partial charge < -0.3 is 15.8 Å². The first-order valence-corrected chi connectivity index (χ1v) is 9.54. The third-order valence-corrected chi connectivity index (χ3v) is 5.08. The van der Waals surface area contributed by atoms with E-state index in [1.807, 2.05) is 41.2 Å². The lowest BCUT2D eigenvalue weighted by Crippen LogP contribution is -2.24. The molecule has 0 bridgehead atoms. The lowest BCUT2D eigenvalue weighted by molar-refractivity contribution is -0.120. The predicted molar refractivity (Wildman–Crippen MR) is 109 cm³/mol. The maximum absolute atomic E-state index is 12.5. The van der Waals surface area contributed by atoms with Crippen LogP contribution in [0.1, 0.15) is 36.0 Å². The summed E-state index contributed by atoms with van der Waals surface area (Å²) < 4.78 is 7.13. The van der Waals surface area contributed by atoms with Gasteiger partial charge in [0.15, 0.2) is 6.61 Å².